The topological polar surface area (TPSA) is 20.3 Å². The summed E-state index contributed by atoms with van der Waals surface area (Å²) in [5.41, 5.74) is 0. The summed E-state index contributed by atoms with van der Waals surface area (Å²) in [5, 5.41) is 0. The third-order valence-corrected chi connectivity index (χ3v) is 2.33. The third-order valence-electron chi connectivity index (χ3n) is 1.85. The predicted molar refractivity (Wildman–Crippen MR) is 52.5 cm³/mol. The number of halogens is 1. The maximum absolute atomic E-state index is 11.2. The van der Waals surface area contributed by atoms with Crippen molar-refractivity contribution in [3.63, 3.8) is 0 Å². The Labute approximate surface area is 80.5 Å². The van der Waals surface area contributed by atoms with Gasteiger partial charge in [0, 0.05) is 17.4 Å². The van der Waals surface area contributed by atoms with Crippen LogP contribution in [0.5, 0.6) is 0 Å². The molecule has 0 radical (unpaired) electrons. The Bertz CT molecular complexity index is 197. The maximum Gasteiger partial charge on any atom is 0.223 e. The number of amides is 1. The summed E-state index contributed by atoms with van der Waals surface area (Å²) in [6, 6.07) is 0.0669. The minimum Gasteiger partial charge on any atom is -0.328 e. The molecule has 60 valence electrons. The number of carbonyl (C=O) groups is 1. The van der Waals surface area contributed by atoms with Crippen molar-refractivity contribution in [2.45, 2.75) is 18.9 Å². The lowest BCUT2D eigenvalue weighted by molar-refractivity contribution is -0.128. The molecule has 1 fully saturated rings. The average molecular weight is 263 g/mol. The molecule has 0 aromatic heterocycles. The van der Waals surface area contributed by atoms with Crippen LogP contribution < -0.4 is 0 Å². The van der Waals surface area contributed by atoms with Crippen LogP contribution in [0.15, 0.2) is 0 Å². The van der Waals surface area contributed by atoms with E-state index in [1.54, 1.807) is 4.90 Å². The summed E-state index contributed by atoms with van der Waals surface area (Å²) in [5.74, 6) is 2.84. The number of hydrogen-bond acceptors (Lipinski definition) is 1. The van der Waals surface area contributed by atoms with E-state index < -0.39 is 0 Å². The van der Waals surface area contributed by atoms with Gasteiger partial charge in [0.1, 0.15) is 0 Å². The highest BCUT2D eigenvalue weighted by Crippen LogP contribution is 2.17. The van der Waals surface area contributed by atoms with E-state index in [4.69, 9.17) is 6.42 Å². The van der Waals surface area contributed by atoms with E-state index in [0.717, 1.165) is 17.4 Å². The van der Waals surface area contributed by atoms with Gasteiger partial charge in [-0.1, -0.05) is 28.5 Å². The molecule has 11 heavy (non-hydrogen) atoms. The molecule has 0 N–H and O–H groups in total. The van der Waals surface area contributed by atoms with Gasteiger partial charge in [0.2, 0.25) is 5.91 Å². The smallest absolute Gasteiger partial charge is 0.223 e. The normalized spacial score (nSPS) is 23.8. The van der Waals surface area contributed by atoms with Gasteiger partial charge in [-0.05, 0) is 6.42 Å². The fourth-order valence-corrected chi connectivity index (χ4v) is 1.80. The molecular formula is C8H10INO. The molecule has 1 aliphatic rings. The summed E-state index contributed by atoms with van der Waals surface area (Å²) in [6.07, 6.45) is 6.74. The van der Waals surface area contributed by atoms with Crippen molar-refractivity contribution in [2.24, 2.45) is 0 Å². The monoisotopic (exact) mass is 263 g/mol. The largest absolute Gasteiger partial charge is 0.328 e. The molecular weight excluding hydrogens is 253 g/mol. The Morgan fingerprint density at radius 1 is 1.82 bits per heavy atom. The molecule has 1 rings (SSSR count). The van der Waals surface area contributed by atoms with E-state index in [1.807, 2.05) is 0 Å². The van der Waals surface area contributed by atoms with Crippen molar-refractivity contribution in [1.82, 2.24) is 4.90 Å². The van der Waals surface area contributed by atoms with Crippen LogP contribution in [-0.2, 0) is 4.79 Å². The van der Waals surface area contributed by atoms with Crippen molar-refractivity contribution >= 4 is 28.5 Å². The first-order chi connectivity index (χ1) is 5.29. The lowest BCUT2D eigenvalue weighted by atomic mass is 10.2. The number of alkyl halides is 1. The second-order valence-electron chi connectivity index (χ2n) is 2.50. The maximum atomic E-state index is 11.2. The van der Waals surface area contributed by atoms with Gasteiger partial charge in [-0.15, -0.1) is 6.42 Å². The van der Waals surface area contributed by atoms with Crippen LogP contribution in [-0.4, -0.2) is 27.8 Å². The van der Waals surface area contributed by atoms with Crippen LogP contribution in [0.25, 0.3) is 0 Å². The average Bonchev–Trinajstić information content (AvgIpc) is 2.34. The van der Waals surface area contributed by atoms with E-state index >= 15 is 0 Å². The van der Waals surface area contributed by atoms with Crippen LogP contribution in [0.3, 0.4) is 0 Å². The third kappa shape index (κ3) is 1.86. The van der Waals surface area contributed by atoms with Crippen LogP contribution in [0.4, 0.5) is 0 Å². The fraction of sp³-hybridized carbons (Fsp3) is 0.625. The van der Waals surface area contributed by atoms with Crippen molar-refractivity contribution in [1.29, 1.82) is 0 Å². The van der Waals surface area contributed by atoms with E-state index in [9.17, 15) is 4.79 Å². The number of nitrogens with zero attached hydrogens (tertiary/aromatic N) is 1. The molecule has 2 nitrogen and oxygen atoms in total. The molecule has 0 unspecified atom stereocenters. The number of hydrogen-bond donors (Lipinski definition) is 0. The van der Waals surface area contributed by atoms with Crippen LogP contribution in [0, 0.1) is 12.3 Å². The highest BCUT2D eigenvalue weighted by Gasteiger charge is 2.28. The molecule has 1 amide bonds. The molecule has 0 aliphatic carbocycles. The van der Waals surface area contributed by atoms with Gasteiger partial charge in [-0.3, -0.25) is 4.79 Å². The molecule has 1 aliphatic heterocycles. The highest BCUT2D eigenvalue weighted by molar-refractivity contribution is 14.1. The van der Waals surface area contributed by atoms with Gasteiger partial charge >= 0.3 is 0 Å². The highest BCUT2D eigenvalue weighted by atomic mass is 127. The Morgan fingerprint density at radius 2 is 2.55 bits per heavy atom. The minimum absolute atomic E-state index is 0.0669. The Morgan fingerprint density at radius 3 is 3.09 bits per heavy atom. The van der Waals surface area contributed by atoms with Gasteiger partial charge < -0.3 is 4.90 Å². The number of likely N-dealkylation sites (tertiary alicyclic amines) is 1. The molecule has 1 heterocycles. The van der Waals surface area contributed by atoms with Crippen LogP contribution in [0.2, 0.25) is 0 Å². The SMILES string of the molecule is C#C[C@@H]1CCC(=O)N1CCI. The Kier molecular flexibility index (Phi) is 3.18. The summed E-state index contributed by atoms with van der Waals surface area (Å²) in [7, 11) is 0. The second-order valence-corrected chi connectivity index (χ2v) is 3.58. The molecule has 3 heteroatoms. The Balaban J connectivity index is 2.57. The van der Waals surface area contributed by atoms with Gasteiger partial charge in [0.05, 0.1) is 6.04 Å². The first-order valence-corrected chi connectivity index (χ1v) is 5.13. The molecule has 0 spiro atoms. The summed E-state index contributed by atoms with van der Waals surface area (Å²) >= 11 is 2.25. The lowest BCUT2D eigenvalue weighted by Gasteiger charge is -2.18. The minimum atomic E-state index is 0.0669. The quantitative estimate of drug-likeness (QED) is 0.414. The van der Waals surface area contributed by atoms with Crippen molar-refractivity contribution < 1.29 is 4.79 Å². The van der Waals surface area contributed by atoms with Gasteiger partial charge in [-0.2, -0.15) is 0 Å². The van der Waals surface area contributed by atoms with E-state index in [1.165, 1.54) is 0 Å². The zero-order valence-electron chi connectivity index (χ0n) is 6.22. The number of carbonyl (C=O) groups excluding carboxylic acids is 1. The first kappa shape index (κ1) is 8.85. The summed E-state index contributed by atoms with van der Waals surface area (Å²) in [4.78, 5) is 13.0. The second kappa shape index (κ2) is 3.96. The number of rotatable bonds is 2. The standard InChI is InChI=1S/C8H10INO/c1-2-7-3-4-8(11)10(7)6-5-9/h1,7H,3-6H2/t7-/m1/s1. The van der Waals surface area contributed by atoms with E-state index in [2.05, 4.69) is 28.5 Å². The van der Waals surface area contributed by atoms with E-state index in [0.29, 0.717) is 6.42 Å². The lowest BCUT2D eigenvalue weighted by Crippen LogP contribution is -2.33. The van der Waals surface area contributed by atoms with Gasteiger partial charge in [0.15, 0.2) is 0 Å². The zero-order valence-corrected chi connectivity index (χ0v) is 8.37. The van der Waals surface area contributed by atoms with Crippen molar-refractivity contribution in [2.75, 3.05) is 11.0 Å². The van der Waals surface area contributed by atoms with E-state index in [-0.39, 0.29) is 11.9 Å². The first-order valence-electron chi connectivity index (χ1n) is 3.61. The molecule has 1 saturated heterocycles. The van der Waals surface area contributed by atoms with Crippen molar-refractivity contribution in [3.05, 3.63) is 0 Å². The predicted octanol–water partition coefficient (Wildman–Crippen LogP) is 1.05. The van der Waals surface area contributed by atoms with Crippen LogP contribution in [0.1, 0.15) is 12.8 Å². The molecule has 0 saturated carbocycles. The fourth-order valence-electron chi connectivity index (χ4n) is 1.28. The molecule has 0 aromatic carbocycles. The number of terminal acetylenes is 1. The zero-order chi connectivity index (χ0) is 8.27. The van der Waals surface area contributed by atoms with Crippen LogP contribution >= 0.6 is 22.6 Å². The Hall–Kier alpha value is -0.240. The molecule has 0 bridgehead atoms. The molecule has 0 aromatic rings. The van der Waals surface area contributed by atoms with Gasteiger partial charge in [0.25, 0.3) is 0 Å². The molecule has 1 atom stereocenters. The van der Waals surface area contributed by atoms with Gasteiger partial charge in [-0.25, -0.2) is 0 Å². The summed E-state index contributed by atoms with van der Waals surface area (Å²) in [6.45, 7) is 0.800. The van der Waals surface area contributed by atoms with Crippen molar-refractivity contribution in [3.8, 4) is 12.3 Å². The summed E-state index contributed by atoms with van der Waals surface area (Å²) < 4.78 is 0.960.